The summed E-state index contributed by atoms with van der Waals surface area (Å²) in [6.07, 6.45) is 1.31. The van der Waals surface area contributed by atoms with Gasteiger partial charge >= 0.3 is 6.09 Å². The van der Waals surface area contributed by atoms with E-state index in [4.69, 9.17) is 44.3 Å². The van der Waals surface area contributed by atoms with Crippen molar-refractivity contribution >= 4 is 50.7 Å². The molecule has 6 nitrogen and oxygen atoms in total. The lowest BCUT2D eigenvalue weighted by atomic mass is 10.3. The average molecular weight is 465 g/mol. The van der Waals surface area contributed by atoms with Gasteiger partial charge in [0.1, 0.15) is 5.75 Å². The van der Waals surface area contributed by atoms with E-state index in [2.05, 4.69) is 0 Å². The summed E-state index contributed by atoms with van der Waals surface area (Å²) < 4.78 is 35.5. The van der Waals surface area contributed by atoms with Gasteiger partial charge in [-0.15, -0.1) is 0 Å². The van der Waals surface area contributed by atoms with E-state index in [1.54, 1.807) is 4.90 Å². The smallest absolute Gasteiger partial charge is 0.415 e. The van der Waals surface area contributed by atoms with Gasteiger partial charge in [-0.1, -0.05) is 34.8 Å². The monoisotopic (exact) mass is 463 g/mol. The Hall–Kier alpha value is -1.67. The fourth-order valence-corrected chi connectivity index (χ4v) is 4.18. The molecule has 2 aromatic carbocycles. The predicted molar refractivity (Wildman–Crippen MR) is 107 cm³/mol. The molecule has 10 heteroatoms. The molecule has 1 fully saturated rings. The van der Waals surface area contributed by atoms with Crippen LogP contribution in [-0.2, 0) is 9.84 Å². The molecule has 1 aliphatic rings. The quantitative estimate of drug-likeness (QED) is 0.619. The van der Waals surface area contributed by atoms with Crippen LogP contribution in [0.2, 0.25) is 15.1 Å². The first-order valence-electron chi connectivity index (χ1n) is 8.33. The van der Waals surface area contributed by atoms with Crippen LogP contribution < -0.4 is 9.47 Å². The first kappa shape index (κ1) is 21.0. The number of carbonyl (C=O) groups is 1. The number of halogens is 3. The molecule has 0 unspecified atom stereocenters. The molecule has 1 aliphatic heterocycles. The Labute approximate surface area is 177 Å². The summed E-state index contributed by atoms with van der Waals surface area (Å²) in [6.45, 7) is 1.24. The molecule has 1 saturated heterocycles. The maximum Gasteiger partial charge on any atom is 0.415 e. The van der Waals surface area contributed by atoms with Crippen LogP contribution >= 0.6 is 34.8 Å². The first-order chi connectivity index (χ1) is 13.3. The molecular weight excluding hydrogens is 449 g/mol. The van der Waals surface area contributed by atoms with Gasteiger partial charge in [-0.05, 0) is 43.2 Å². The number of carbonyl (C=O) groups excluding carboxylic acids is 1. The highest BCUT2D eigenvalue weighted by molar-refractivity contribution is 7.91. The zero-order valence-corrected chi connectivity index (χ0v) is 17.6. The first-order valence-corrected chi connectivity index (χ1v) is 11.1. The topological polar surface area (TPSA) is 72.9 Å². The summed E-state index contributed by atoms with van der Waals surface area (Å²) >= 11 is 18.0. The highest BCUT2D eigenvalue weighted by atomic mass is 35.5. The number of nitrogens with zero attached hydrogens (tertiary/aromatic N) is 1. The van der Waals surface area contributed by atoms with Gasteiger partial charge < -0.3 is 14.4 Å². The second-order valence-corrected chi connectivity index (χ2v) is 9.29. The van der Waals surface area contributed by atoms with Crippen LogP contribution in [0.15, 0.2) is 41.3 Å². The van der Waals surface area contributed by atoms with E-state index < -0.39 is 21.9 Å². The lowest BCUT2D eigenvalue weighted by molar-refractivity contribution is 0.162. The molecule has 0 N–H and O–H groups in total. The SMILES string of the molecule is O=C(Oc1cc(OCS(=O)(=O)c2ccc(Cl)cc2)c(Cl)cc1Cl)N1CCCC1. The van der Waals surface area contributed by atoms with Crippen LogP contribution in [0.3, 0.4) is 0 Å². The molecule has 0 saturated carbocycles. The van der Waals surface area contributed by atoms with E-state index in [1.165, 1.54) is 36.4 Å². The molecule has 0 atom stereocenters. The number of sulfone groups is 1. The lowest BCUT2D eigenvalue weighted by Crippen LogP contribution is -2.30. The molecule has 0 bridgehead atoms. The highest BCUT2D eigenvalue weighted by Crippen LogP contribution is 2.36. The third kappa shape index (κ3) is 5.03. The molecule has 150 valence electrons. The van der Waals surface area contributed by atoms with Crippen molar-refractivity contribution in [3.8, 4) is 11.5 Å². The third-order valence-corrected chi connectivity index (χ3v) is 6.35. The van der Waals surface area contributed by atoms with Crippen molar-refractivity contribution in [1.29, 1.82) is 0 Å². The Bertz CT molecular complexity index is 973. The fourth-order valence-electron chi connectivity index (χ4n) is 2.61. The number of hydrogen-bond acceptors (Lipinski definition) is 5. The number of hydrogen-bond donors (Lipinski definition) is 0. The number of benzene rings is 2. The molecule has 0 aromatic heterocycles. The molecule has 2 aromatic rings. The van der Waals surface area contributed by atoms with Crippen molar-refractivity contribution in [2.24, 2.45) is 0 Å². The minimum atomic E-state index is -3.74. The summed E-state index contributed by atoms with van der Waals surface area (Å²) in [7, 11) is -3.74. The van der Waals surface area contributed by atoms with Gasteiger partial charge in [-0.2, -0.15) is 0 Å². The van der Waals surface area contributed by atoms with E-state index in [0.717, 1.165) is 12.8 Å². The zero-order valence-electron chi connectivity index (χ0n) is 14.5. The fraction of sp³-hybridized carbons (Fsp3) is 0.278. The lowest BCUT2D eigenvalue weighted by Gasteiger charge is -2.16. The number of likely N-dealkylation sites (tertiary alicyclic amines) is 1. The van der Waals surface area contributed by atoms with E-state index in [0.29, 0.717) is 18.1 Å². The van der Waals surface area contributed by atoms with Crippen molar-refractivity contribution in [2.75, 3.05) is 19.0 Å². The van der Waals surface area contributed by atoms with Crippen LogP contribution in [0.4, 0.5) is 4.79 Å². The second-order valence-electron chi connectivity index (χ2n) is 6.11. The Morgan fingerprint density at radius 2 is 1.57 bits per heavy atom. The van der Waals surface area contributed by atoms with Crippen LogP contribution in [0.1, 0.15) is 12.8 Å². The Balaban J connectivity index is 1.74. The van der Waals surface area contributed by atoms with Crippen LogP contribution in [0.5, 0.6) is 11.5 Å². The molecular formula is C18H16Cl3NO5S. The van der Waals surface area contributed by atoms with E-state index in [1.807, 2.05) is 0 Å². The number of rotatable bonds is 5. The molecule has 3 rings (SSSR count). The van der Waals surface area contributed by atoms with Gasteiger partial charge in [0.05, 0.1) is 14.9 Å². The average Bonchev–Trinajstić information content (AvgIpc) is 3.18. The third-order valence-electron chi connectivity index (χ3n) is 4.09. The van der Waals surface area contributed by atoms with Gasteiger partial charge in [0.15, 0.2) is 11.7 Å². The summed E-state index contributed by atoms with van der Waals surface area (Å²) in [6, 6.07) is 8.34. The van der Waals surface area contributed by atoms with Crippen LogP contribution in [0, 0.1) is 0 Å². The predicted octanol–water partition coefficient (Wildman–Crippen LogP) is 5.05. The summed E-state index contributed by atoms with van der Waals surface area (Å²) in [5.41, 5.74) is 0. The molecule has 28 heavy (non-hydrogen) atoms. The van der Waals surface area contributed by atoms with Gasteiger partial charge in [0.25, 0.3) is 0 Å². The van der Waals surface area contributed by atoms with Gasteiger partial charge in [0.2, 0.25) is 9.84 Å². The Morgan fingerprint density at radius 3 is 2.21 bits per heavy atom. The minimum absolute atomic E-state index is 0.0350. The second kappa shape index (κ2) is 8.78. The largest absolute Gasteiger partial charge is 0.476 e. The molecule has 0 radical (unpaired) electrons. The maximum atomic E-state index is 12.4. The van der Waals surface area contributed by atoms with Crippen LogP contribution in [-0.4, -0.2) is 38.4 Å². The van der Waals surface area contributed by atoms with E-state index in [9.17, 15) is 13.2 Å². The molecule has 0 spiro atoms. The van der Waals surface area contributed by atoms with Crippen molar-refractivity contribution in [1.82, 2.24) is 4.90 Å². The molecule has 0 aliphatic carbocycles. The highest BCUT2D eigenvalue weighted by Gasteiger charge is 2.22. The van der Waals surface area contributed by atoms with Crippen molar-refractivity contribution in [3.63, 3.8) is 0 Å². The molecule has 1 heterocycles. The molecule has 1 amide bonds. The van der Waals surface area contributed by atoms with Crippen molar-refractivity contribution in [2.45, 2.75) is 17.7 Å². The number of amides is 1. The maximum absolute atomic E-state index is 12.4. The summed E-state index contributed by atoms with van der Waals surface area (Å²) in [5, 5.41) is 0.632. The van der Waals surface area contributed by atoms with E-state index in [-0.39, 0.29) is 26.4 Å². The summed E-state index contributed by atoms with van der Waals surface area (Å²) in [4.78, 5) is 13.8. The Morgan fingerprint density at radius 1 is 0.964 bits per heavy atom. The standard InChI is InChI=1S/C18H16Cl3NO5S/c19-12-3-5-13(6-4-12)28(24,25)11-26-16-10-17(15(21)9-14(16)20)27-18(23)22-7-1-2-8-22/h3-6,9-10H,1-2,7-8,11H2. The van der Waals surface area contributed by atoms with E-state index >= 15 is 0 Å². The minimum Gasteiger partial charge on any atom is -0.476 e. The van der Waals surface area contributed by atoms with Crippen LogP contribution in [0.25, 0.3) is 0 Å². The van der Waals surface area contributed by atoms with Crippen molar-refractivity contribution < 1.29 is 22.7 Å². The van der Waals surface area contributed by atoms with Gasteiger partial charge in [0, 0.05) is 24.2 Å². The van der Waals surface area contributed by atoms with Crippen molar-refractivity contribution in [3.05, 3.63) is 51.5 Å². The normalized spacial score (nSPS) is 14.2. The van der Waals surface area contributed by atoms with Gasteiger partial charge in [-0.3, -0.25) is 0 Å². The Kier molecular flexibility index (Phi) is 6.60. The van der Waals surface area contributed by atoms with Gasteiger partial charge in [-0.25, -0.2) is 13.2 Å². The number of ether oxygens (including phenoxy) is 2. The summed E-state index contributed by atoms with van der Waals surface area (Å²) in [5.74, 6) is -0.579. The zero-order chi connectivity index (χ0) is 20.3.